The lowest BCUT2D eigenvalue weighted by Crippen LogP contribution is -2.37. The molecule has 0 saturated carbocycles. The van der Waals surface area contributed by atoms with Gasteiger partial charge in [-0.1, -0.05) is 6.07 Å². The Hall–Kier alpha value is -1.75. The SMILES string of the molecule is CS(=O)(=O)N(CC(=O)Nc1c(F)cccc1F)c1ccc(I)cc1. The molecule has 1 N–H and O–H groups in total. The summed E-state index contributed by atoms with van der Waals surface area (Å²) >= 11 is 2.06. The van der Waals surface area contributed by atoms with E-state index in [2.05, 4.69) is 27.9 Å². The highest BCUT2D eigenvalue weighted by Crippen LogP contribution is 2.21. The Morgan fingerprint density at radius 1 is 1.12 bits per heavy atom. The molecule has 0 aliphatic carbocycles. The third kappa shape index (κ3) is 4.63. The van der Waals surface area contributed by atoms with Crippen molar-refractivity contribution in [2.45, 2.75) is 0 Å². The van der Waals surface area contributed by atoms with E-state index in [1.54, 1.807) is 24.3 Å². The Kier molecular flexibility index (Phi) is 5.75. The van der Waals surface area contributed by atoms with Crippen molar-refractivity contribution in [1.29, 1.82) is 0 Å². The summed E-state index contributed by atoms with van der Waals surface area (Å²) in [6, 6.07) is 9.59. The van der Waals surface area contributed by atoms with Crippen LogP contribution in [-0.2, 0) is 14.8 Å². The number of halogens is 3. The molecule has 128 valence electrons. The van der Waals surface area contributed by atoms with E-state index in [0.29, 0.717) is 0 Å². The van der Waals surface area contributed by atoms with Crippen molar-refractivity contribution in [1.82, 2.24) is 0 Å². The quantitative estimate of drug-likeness (QED) is 0.690. The van der Waals surface area contributed by atoms with Crippen molar-refractivity contribution < 1.29 is 22.0 Å². The monoisotopic (exact) mass is 466 g/mol. The maximum Gasteiger partial charge on any atom is 0.245 e. The lowest BCUT2D eigenvalue weighted by Gasteiger charge is -2.22. The summed E-state index contributed by atoms with van der Waals surface area (Å²) in [4.78, 5) is 12.1. The first-order valence-electron chi connectivity index (χ1n) is 6.65. The predicted octanol–water partition coefficient (Wildman–Crippen LogP) is 2.97. The van der Waals surface area contributed by atoms with Gasteiger partial charge in [-0.2, -0.15) is 0 Å². The molecule has 0 fully saturated rings. The van der Waals surface area contributed by atoms with E-state index >= 15 is 0 Å². The molecule has 0 saturated heterocycles. The molecule has 0 bridgehead atoms. The summed E-state index contributed by atoms with van der Waals surface area (Å²) in [5.41, 5.74) is -0.333. The Bertz CT molecular complexity index is 837. The third-order valence-electron chi connectivity index (χ3n) is 3.03. The maximum absolute atomic E-state index is 13.6. The zero-order valence-corrected chi connectivity index (χ0v) is 15.4. The van der Waals surface area contributed by atoms with Gasteiger partial charge in [0.1, 0.15) is 23.9 Å². The van der Waals surface area contributed by atoms with Gasteiger partial charge in [0.15, 0.2) is 0 Å². The molecule has 0 aromatic heterocycles. The second kappa shape index (κ2) is 7.43. The predicted molar refractivity (Wildman–Crippen MR) is 96.3 cm³/mol. The Morgan fingerprint density at radius 2 is 1.67 bits per heavy atom. The van der Waals surface area contributed by atoms with E-state index in [4.69, 9.17) is 0 Å². The fraction of sp³-hybridized carbons (Fsp3) is 0.133. The van der Waals surface area contributed by atoms with Gasteiger partial charge >= 0.3 is 0 Å². The minimum atomic E-state index is -3.76. The van der Waals surface area contributed by atoms with E-state index in [-0.39, 0.29) is 5.69 Å². The van der Waals surface area contributed by atoms with Gasteiger partial charge in [-0.15, -0.1) is 0 Å². The molecule has 2 rings (SSSR count). The zero-order chi connectivity index (χ0) is 17.9. The average molecular weight is 466 g/mol. The van der Waals surface area contributed by atoms with Crippen LogP contribution in [0.15, 0.2) is 42.5 Å². The highest BCUT2D eigenvalue weighted by atomic mass is 127. The van der Waals surface area contributed by atoms with Crippen LogP contribution in [0.4, 0.5) is 20.2 Å². The molecule has 1 amide bonds. The van der Waals surface area contributed by atoms with E-state index < -0.39 is 39.8 Å². The number of amides is 1. The van der Waals surface area contributed by atoms with Crippen molar-refractivity contribution in [3.63, 3.8) is 0 Å². The van der Waals surface area contributed by atoms with Gasteiger partial charge in [0.25, 0.3) is 0 Å². The van der Waals surface area contributed by atoms with Crippen LogP contribution in [0.2, 0.25) is 0 Å². The van der Waals surface area contributed by atoms with Crippen LogP contribution >= 0.6 is 22.6 Å². The number of rotatable bonds is 5. The largest absolute Gasteiger partial charge is 0.320 e. The maximum atomic E-state index is 13.6. The van der Waals surface area contributed by atoms with Crippen molar-refractivity contribution in [3.8, 4) is 0 Å². The Labute approximate surface area is 151 Å². The number of nitrogens with one attached hydrogen (secondary N) is 1. The Morgan fingerprint density at radius 3 is 2.17 bits per heavy atom. The van der Waals surface area contributed by atoms with Crippen LogP contribution in [0.25, 0.3) is 0 Å². The van der Waals surface area contributed by atoms with Crippen LogP contribution in [0, 0.1) is 15.2 Å². The Balaban J connectivity index is 2.24. The number of benzene rings is 2. The van der Waals surface area contributed by atoms with Crippen molar-refractivity contribution in [2.75, 3.05) is 22.4 Å². The van der Waals surface area contributed by atoms with E-state index in [1.807, 2.05) is 0 Å². The zero-order valence-electron chi connectivity index (χ0n) is 12.5. The molecule has 0 spiro atoms. The summed E-state index contributed by atoms with van der Waals surface area (Å²) in [7, 11) is -3.76. The molecular weight excluding hydrogens is 453 g/mol. The molecule has 2 aromatic carbocycles. The molecule has 0 unspecified atom stereocenters. The van der Waals surface area contributed by atoms with Gasteiger partial charge < -0.3 is 5.32 Å². The highest BCUT2D eigenvalue weighted by Gasteiger charge is 2.22. The number of carbonyl (C=O) groups is 1. The highest BCUT2D eigenvalue weighted by molar-refractivity contribution is 14.1. The number of para-hydroxylation sites is 1. The first-order chi connectivity index (χ1) is 11.2. The number of hydrogen-bond acceptors (Lipinski definition) is 3. The van der Waals surface area contributed by atoms with Crippen molar-refractivity contribution >= 4 is 49.9 Å². The first kappa shape index (κ1) is 18.6. The summed E-state index contributed by atoms with van der Waals surface area (Å²) in [5, 5.41) is 2.07. The molecule has 0 aliphatic rings. The van der Waals surface area contributed by atoms with Gasteiger partial charge in [0.2, 0.25) is 15.9 Å². The molecular formula is C15H13F2IN2O3S. The van der Waals surface area contributed by atoms with Gasteiger partial charge in [0.05, 0.1) is 11.9 Å². The van der Waals surface area contributed by atoms with Crippen LogP contribution < -0.4 is 9.62 Å². The minimum Gasteiger partial charge on any atom is -0.320 e. The number of anilines is 2. The lowest BCUT2D eigenvalue weighted by atomic mass is 10.3. The second-order valence-corrected chi connectivity index (χ2v) is 8.04. The number of hydrogen-bond donors (Lipinski definition) is 1. The standard InChI is InChI=1S/C15H13F2IN2O3S/c1-24(22,23)20(11-7-5-10(18)6-8-11)9-14(21)19-15-12(16)3-2-4-13(15)17/h2-8H,9H2,1H3,(H,19,21). The molecule has 9 heteroatoms. The number of sulfonamides is 1. The molecule has 2 aromatic rings. The van der Waals surface area contributed by atoms with Crippen LogP contribution in [0.3, 0.4) is 0 Å². The first-order valence-corrected chi connectivity index (χ1v) is 9.58. The molecule has 0 heterocycles. The minimum absolute atomic E-state index is 0.280. The fourth-order valence-electron chi connectivity index (χ4n) is 1.93. The smallest absolute Gasteiger partial charge is 0.245 e. The third-order valence-corrected chi connectivity index (χ3v) is 4.89. The summed E-state index contributed by atoms with van der Waals surface area (Å²) in [5.74, 6) is -2.74. The van der Waals surface area contributed by atoms with Crippen LogP contribution in [0.5, 0.6) is 0 Å². The van der Waals surface area contributed by atoms with Crippen LogP contribution in [-0.4, -0.2) is 27.1 Å². The average Bonchev–Trinajstić information content (AvgIpc) is 2.49. The summed E-state index contributed by atoms with van der Waals surface area (Å²) < 4.78 is 52.7. The molecule has 24 heavy (non-hydrogen) atoms. The number of carbonyl (C=O) groups excluding carboxylic acids is 1. The number of nitrogens with zero attached hydrogens (tertiary/aromatic N) is 1. The van der Waals surface area contributed by atoms with Crippen molar-refractivity contribution in [3.05, 3.63) is 57.7 Å². The van der Waals surface area contributed by atoms with E-state index in [1.165, 1.54) is 0 Å². The molecule has 0 radical (unpaired) electrons. The van der Waals surface area contributed by atoms with E-state index in [9.17, 15) is 22.0 Å². The topological polar surface area (TPSA) is 66.5 Å². The van der Waals surface area contributed by atoms with Gasteiger partial charge in [-0.05, 0) is 59.0 Å². The fourth-order valence-corrected chi connectivity index (χ4v) is 3.15. The molecule has 0 atom stereocenters. The normalized spacial score (nSPS) is 11.2. The van der Waals surface area contributed by atoms with Gasteiger partial charge in [-0.25, -0.2) is 17.2 Å². The second-order valence-electron chi connectivity index (χ2n) is 4.89. The van der Waals surface area contributed by atoms with E-state index in [0.717, 1.165) is 32.3 Å². The van der Waals surface area contributed by atoms with Crippen molar-refractivity contribution in [2.24, 2.45) is 0 Å². The molecule has 0 aliphatic heterocycles. The van der Waals surface area contributed by atoms with Crippen LogP contribution in [0.1, 0.15) is 0 Å². The van der Waals surface area contributed by atoms with Gasteiger partial charge in [0, 0.05) is 3.57 Å². The van der Waals surface area contributed by atoms with Gasteiger partial charge in [-0.3, -0.25) is 9.10 Å². The lowest BCUT2D eigenvalue weighted by molar-refractivity contribution is -0.114. The summed E-state index contributed by atoms with van der Waals surface area (Å²) in [6.07, 6.45) is 0.946. The summed E-state index contributed by atoms with van der Waals surface area (Å²) in [6.45, 7) is -0.604. The molecule has 5 nitrogen and oxygen atoms in total.